The summed E-state index contributed by atoms with van der Waals surface area (Å²) in [6.45, 7) is 4.07. The maximum absolute atomic E-state index is 12.0. The minimum atomic E-state index is 0.0922. The zero-order valence-corrected chi connectivity index (χ0v) is 9.93. The van der Waals surface area contributed by atoms with Crippen molar-refractivity contribution in [3.05, 3.63) is 23.8 Å². The summed E-state index contributed by atoms with van der Waals surface area (Å²) in [6, 6.07) is 5.66. The number of methoxy groups -OCH3 is 1. The molecule has 2 rings (SSSR count). The first-order valence-corrected chi connectivity index (χ1v) is 5.91. The van der Waals surface area contributed by atoms with Crippen molar-refractivity contribution in [1.82, 2.24) is 0 Å². The lowest BCUT2D eigenvalue weighted by atomic mass is 9.96. The molecule has 2 nitrogen and oxygen atoms in total. The van der Waals surface area contributed by atoms with Crippen LogP contribution in [0.1, 0.15) is 24.2 Å². The SMILES string of the molecule is COc1cccc2c1SC(C)C(C)C2=O. The van der Waals surface area contributed by atoms with Gasteiger partial charge in [0.15, 0.2) is 5.78 Å². The van der Waals surface area contributed by atoms with E-state index in [1.807, 2.05) is 25.1 Å². The molecule has 0 saturated carbocycles. The van der Waals surface area contributed by atoms with Crippen molar-refractivity contribution in [2.24, 2.45) is 5.92 Å². The highest BCUT2D eigenvalue weighted by atomic mass is 32.2. The molecule has 2 unspecified atom stereocenters. The predicted octanol–water partition coefficient (Wildman–Crippen LogP) is 3.01. The summed E-state index contributed by atoms with van der Waals surface area (Å²) in [7, 11) is 1.64. The Morgan fingerprint density at radius 1 is 1.33 bits per heavy atom. The van der Waals surface area contributed by atoms with Gasteiger partial charge in [-0.2, -0.15) is 0 Å². The van der Waals surface area contributed by atoms with E-state index in [4.69, 9.17) is 4.74 Å². The number of benzene rings is 1. The normalized spacial score (nSPS) is 24.9. The average Bonchev–Trinajstić information content (AvgIpc) is 2.25. The number of ketones is 1. The molecule has 15 heavy (non-hydrogen) atoms. The summed E-state index contributed by atoms with van der Waals surface area (Å²) in [5.74, 6) is 1.13. The Labute approximate surface area is 94.0 Å². The molecule has 1 aliphatic rings. The first kappa shape index (κ1) is 10.6. The van der Waals surface area contributed by atoms with E-state index >= 15 is 0 Å². The van der Waals surface area contributed by atoms with Gasteiger partial charge in [-0.1, -0.05) is 19.9 Å². The zero-order valence-electron chi connectivity index (χ0n) is 9.11. The van der Waals surface area contributed by atoms with Crippen LogP contribution in [0.25, 0.3) is 0 Å². The number of thioether (sulfide) groups is 1. The third kappa shape index (κ3) is 1.65. The first-order chi connectivity index (χ1) is 7.15. The molecule has 0 aliphatic carbocycles. The summed E-state index contributed by atoms with van der Waals surface area (Å²) in [5, 5.41) is 0.321. The lowest BCUT2D eigenvalue weighted by Crippen LogP contribution is -2.26. The summed E-state index contributed by atoms with van der Waals surface area (Å²) >= 11 is 1.73. The Morgan fingerprint density at radius 2 is 2.07 bits per heavy atom. The molecule has 0 N–H and O–H groups in total. The molecule has 0 bridgehead atoms. The van der Waals surface area contributed by atoms with Gasteiger partial charge in [0, 0.05) is 16.7 Å². The van der Waals surface area contributed by atoms with Gasteiger partial charge in [-0.25, -0.2) is 0 Å². The molecule has 3 heteroatoms. The number of carbonyl (C=O) groups is 1. The van der Waals surface area contributed by atoms with E-state index in [1.54, 1.807) is 18.9 Å². The fourth-order valence-electron chi connectivity index (χ4n) is 1.74. The van der Waals surface area contributed by atoms with Gasteiger partial charge in [-0.3, -0.25) is 4.79 Å². The van der Waals surface area contributed by atoms with Crippen LogP contribution in [0.3, 0.4) is 0 Å². The van der Waals surface area contributed by atoms with Gasteiger partial charge in [0.2, 0.25) is 0 Å². The molecule has 1 aliphatic heterocycles. The van der Waals surface area contributed by atoms with E-state index in [0.717, 1.165) is 16.2 Å². The van der Waals surface area contributed by atoms with Gasteiger partial charge in [-0.15, -0.1) is 11.8 Å². The fraction of sp³-hybridized carbons (Fsp3) is 0.417. The van der Waals surface area contributed by atoms with E-state index in [1.165, 1.54) is 0 Å². The maximum atomic E-state index is 12.0. The number of hydrogen-bond acceptors (Lipinski definition) is 3. The van der Waals surface area contributed by atoms with Crippen molar-refractivity contribution in [2.75, 3.05) is 7.11 Å². The molecule has 0 radical (unpaired) electrons. The highest BCUT2D eigenvalue weighted by Crippen LogP contribution is 2.43. The largest absolute Gasteiger partial charge is 0.496 e. The number of Topliss-reactive ketones (excluding diaryl/α,β-unsaturated/α-hetero) is 1. The minimum absolute atomic E-state index is 0.0922. The third-order valence-corrected chi connectivity index (χ3v) is 4.32. The number of rotatable bonds is 1. The maximum Gasteiger partial charge on any atom is 0.168 e. The lowest BCUT2D eigenvalue weighted by Gasteiger charge is -2.27. The van der Waals surface area contributed by atoms with Crippen LogP contribution in [0.5, 0.6) is 5.75 Å². The molecule has 0 spiro atoms. The van der Waals surface area contributed by atoms with Gasteiger partial charge in [0.05, 0.1) is 12.0 Å². The van der Waals surface area contributed by atoms with Crippen LogP contribution < -0.4 is 4.74 Å². The zero-order chi connectivity index (χ0) is 11.0. The van der Waals surface area contributed by atoms with Crippen LogP contribution in [0, 0.1) is 5.92 Å². The number of carbonyl (C=O) groups excluding carboxylic acids is 1. The van der Waals surface area contributed by atoms with Gasteiger partial charge in [0.25, 0.3) is 0 Å². The second kappa shape index (κ2) is 3.89. The van der Waals surface area contributed by atoms with Crippen LogP contribution in [0.2, 0.25) is 0 Å². The predicted molar refractivity (Wildman–Crippen MR) is 61.8 cm³/mol. The topological polar surface area (TPSA) is 26.3 Å². The molecule has 0 fully saturated rings. The van der Waals surface area contributed by atoms with Gasteiger partial charge in [-0.05, 0) is 12.1 Å². The number of hydrogen-bond donors (Lipinski definition) is 0. The second-order valence-electron chi connectivity index (χ2n) is 3.81. The summed E-state index contributed by atoms with van der Waals surface area (Å²) in [6.07, 6.45) is 0. The molecule has 0 saturated heterocycles. The van der Waals surface area contributed by atoms with Crippen molar-refractivity contribution in [1.29, 1.82) is 0 Å². The molecule has 1 aromatic rings. The quantitative estimate of drug-likeness (QED) is 0.730. The highest BCUT2D eigenvalue weighted by molar-refractivity contribution is 8.00. The molecular formula is C12H14O2S. The Bertz CT molecular complexity index is 401. The van der Waals surface area contributed by atoms with Crippen molar-refractivity contribution < 1.29 is 9.53 Å². The first-order valence-electron chi connectivity index (χ1n) is 5.03. The van der Waals surface area contributed by atoms with E-state index in [-0.39, 0.29) is 11.7 Å². The fourth-order valence-corrected chi connectivity index (χ4v) is 3.00. The number of ether oxygens (including phenoxy) is 1. The van der Waals surface area contributed by atoms with Crippen LogP contribution >= 0.6 is 11.8 Å². The molecule has 2 atom stereocenters. The Hall–Kier alpha value is -0.960. The Kier molecular flexibility index (Phi) is 2.74. The molecule has 1 aromatic carbocycles. The van der Waals surface area contributed by atoms with Crippen LogP contribution in [-0.2, 0) is 0 Å². The van der Waals surface area contributed by atoms with Gasteiger partial charge in [0.1, 0.15) is 5.75 Å². The van der Waals surface area contributed by atoms with Crippen molar-refractivity contribution in [3.8, 4) is 5.75 Å². The lowest BCUT2D eigenvalue weighted by molar-refractivity contribution is 0.0923. The third-order valence-electron chi connectivity index (χ3n) is 2.89. The standard InChI is InChI=1S/C12H14O2S/c1-7-8(2)15-12-9(11(7)13)5-4-6-10(12)14-3/h4-8H,1-3H3. The smallest absolute Gasteiger partial charge is 0.168 e. The Morgan fingerprint density at radius 3 is 2.73 bits per heavy atom. The van der Waals surface area contributed by atoms with E-state index in [9.17, 15) is 4.79 Å². The minimum Gasteiger partial charge on any atom is -0.496 e. The van der Waals surface area contributed by atoms with Crippen LogP contribution in [0.15, 0.2) is 23.1 Å². The summed E-state index contributed by atoms with van der Waals surface area (Å²) in [4.78, 5) is 13.0. The van der Waals surface area contributed by atoms with Crippen molar-refractivity contribution in [2.45, 2.75) is 24.0 Å². The van der Waals surface area contributed by atoms with E-state index in [2.05, 4.69) is 6.92 Å². The summed E-state index contributed by atoms with van der Waals surface area (Å²) in [5.41, 5.74) is 0.810. The van der Waals surface area contributed by atoms with Crippen molar-refractivity contribution in [3.63, 3.8) is 0 Å². The monoisotopic (exact) mass is 222 g/mol. The van der Waals surface area contributed by atoms with Gasteiger partial charge < -0.3 is 4.74 Å². The number of fused-ring (bicyclic) bond motifs is 1. The molecular weight excluding hydrogens is 208 g/mol. The highest BCUT2D eigenvalue weighted by Gasteiger charge is 2.31. The molecule has 1 heterocycles. The molecule has 0 amide bonds. The van der Waals surface area contributed by atoms with Crippen LogP contribution in [-0.4, -0.2) is 18.1 Å². The molecule has 80 valence electrons. The van der Waals surface area contributed by atoms with Crippen molar-refractivity contribution >= 4 is 17.5 Å². The van der Waals surface area contributed by atoms with E-state index < -0.39 is 0 Å². The Balaban J connectivity index is 2.54. The average molecular weight is 222 g/mol. The van der Waals surface area contributed by atoms with E-state index in [0.29, 0.717) is 5.25 Å². The second-order valence-corrected chi connectivity index (χ2v) is 5.20. The van der Waals surface area contributed by atoms with Gasteiger partial charge >= 0.3 is 0 Å². The molecule has 0 aromatic heterocycles. The van der Waals surface area contributed by atoms with Crippen LogP contribution in [0.4, 0.5) is 0 Å². The summed E-state index contributed by atoms with van der Waals surface area (Å²) < 4.78 is 5.27.